The van der Waals surface area contributed by atoms with E-state index in [1.54, 1.807) is 11.3 Å². The molecule has 1 amide bonds. The van der Waals surface area contributed by atoms with Crippen LogP contribution < -0.4 is 16.0 Å². The SMILES string of the molecule is NCCNC(=O)C1CN(c2nc3ccc(Cl)cc3s2)Cc2[nH]c3ccc(Cl)cc3c21. The van der Waals surface area contributed by atoms with Crippen molar-refractivity contribution in [1.29, 1.82) is 0 Å². The molecular formula is C21H19Cl2N5OS. The maximum absolute atomic E-state index is 13.1. The molecule has 2 aromatic heterocycles. The third-order valence-electron chi connectivity index (χ3n) is 5.35. The van der Waals surface area contributed by atoms with E-state index in [0.29, 0.717) is 36.2 Å². The average Bonchev–Trinajstić information content (AvgIpc) is 3.31. The predicted molar refractivity (Wildman–Crippen MR) is 124 cm³/mol. The monoisotopic (exact) mass is 459 g/mol. The van der Waals surface area contributed by atoms with Gasteiger partial charge < -0.3 is 20.9 Å². The highest BCUT2D eigenvalue weighted by Crippen LogP contribution is 2.39. The second-order valence-electron chi connectivity index (χ2n) is 7.33. The minimum Gasteiger partial charge on any atom is -0.357 e. The predicted octanol–water partition coefficient (Wildman–Crippen LogP) is 4.26. The Balaban J connectivity index is 1.59. The van der Waals surface area contributed by atoms with Crippen molar-refractivity contribution in [3.63, 3.8) is 0 Å². The summed E-state index contributed by atoms with van der Waals surface area (Å²) >= 11 is 14.0. The molecule has 0 aliphatic carbocycles. The zero-order chi connectivity index (χ0) is 20.8. The Kier molecular flexibility index (Phi) is 5.06. The second-order valence-corrected chi connectivity index (χ2v) is 9.21. The number of benzene rings is 2. The molecule has 1 aliphatic rings. The van der Waals surface area contributed by atoms with E-state index in [-0.39, 0.29) is 11.8 Å². The number of aromatic nitrogens is 2. The van der Waals surface area contributed by atoms with Gasteiger partial charge in [-0.15, -0.1) is 0 Å². The molecule has 0 radical (unpaired) electrons. The molecule has 6 nitrogen and oxygen atoms in total. The largest absolute Gasteiger partial charge is 0.357 e. The van der Waals surface area contributed by atoms with Crippen molar-refractivity contribution in [3.05, 3.63) is 57.7 Å². The van der Waals surface area contributed by atoms with Gasteiger partial charge in [-0.05, 0) is 42.0 Å². The summed E-state index contributed by atoms with van der Waals surface area (Å²) in [7, 11) is 0. The van der Waals surface area contributed by atoms with Gasteiger partial charge in [-0.1, -0.05) is 34.5 Å². The number of carbonyl (C=O) groups is 1. The van der Waals surface area contributed by atoms with Gasteiger partial charge in [0.2, 0.25) is 5.91 Å². The van der Waals surface area contributed by atoms with Crippen molar-refractivity contribution in [2.45, 2.75) is 12.5 Å². The number of aromatic amines is 1. The second kappa shape index (κ2) is 7.74. The number of fused-ring (bicyclic) bond motifs is 4. The Labute approximate surface area is 187 Å². The smallest absolute Gasteiger partial charge is 0.229 e. The van der Waals surface area contributed by atoms with Crippen LogP contribution in [0.3, 0.4) is 0 Å². The summed E-state index contributed by atoms with van der Waals surface area (Å²) in [5.41, 5.74) is 9.47. The lowest BCUT2D eigenvalue weighted by Crippen LogP contribution is -2.42. The fourth-order valence-electron chi connectivity index (χ4n) is 4.03. The molecule has 0 fully saturated rings. The van der Waals surface area contributed by atoms with E-state index >= 15 is 0 Å². The lowest BCUT2D eigenvalue weighted by atomic mass is 9.91. The van der Waals surface area contributed by atoms with E-state index in [9.17, 15) is 4.79 Å². The quantitative estimate of drug-likeness (QED) is 0.425. The summed E-state index contributed by atoms with van der Waals surface area (Å²) in [4.78, 5) is 23.5. The molecule has 0 spiro atoms. The molecule has 1 unspecified atom stereocenters. The van der Waals surface area contributed by atoms with Gasteiger partial charge in [-0.25, -0.2) is 4.98 Å². The van der Waals surface area contributed by atoms with Crippen LogP contribution >= 0.6 is 34.5 Å². The van der Waals surface area contributed by atoms with E-state index in [4.69, 9.17) is 33.9 Å². The fraction of sp³-hybridized carbons (Fsp3) is 0.238. The van der Waals surface area contributed by atoms with Gasteiger partial charge in [-0.3, -0.25) is 4.79 Å². The minimum absolute atomic E-state index is 0.0450. The van der Waals surface area contributed by atoms with Crippen LogP contribution in [0.4, 0.5) is 5.13 Å². The summed E-state index contributed by atoms with van der Waals surface area (Å²) in [5, 5.41) is 6.13. The number of H-pyrrole nitrogens is 1. The van der Waals surface area contributed by atoms with Crippen LogP contribution in [0, 0.1) is 0 Å². The molecule has 3 heterocycles. The standard InChI is InChI=1S/C21H19Cl2N5OS/c22-11-1-3-15-13(7-11)19-14(20(29)25-6-5-24)9-28(10-17(19)26-15)21-27-16-4-2-12(23)8-18(16)30-21/h1-4,7-8,14,26H,5-6,9-10,24H2,(H,25,29). The number of nitrogens with zero attached hydrogens (tertiary/aromatic N) is 2. The van der Waals surface area contributed by atoms with Gasteiger partial charge in [0.15, 0.2) is 5.13 Å². The van der Waals surface area contributed by atoms with Crippen LogP contribution in [0.2, 0.25) is 10.0 Å². The molecule has 5 rings (SSSR count). The molecule has 4 aromatic rings. The molecule has 2 aromatic carbocycles. The molecule has 1 atom stereocenters. The van der Waals surface area contributed by atoms with Crippen LogP contribution in [0.5, 0.6) is 0 Å². The van der Waals surface area contributed by atoms with Crippen molar-refractivity contribution >= 4 is 66.7 Å². The molecule has 30 heavy (non-hydrogen) atoms. The Morgan fingerprint density at radius 2 is 2.07 bits per heavy atom. The number of nitrogens with one attached hydrogen (secondary N) is 2. The van der Waals surface area contributed by atoms with Crippen molar-refractivity contribution in [2.24, 2.45) is 5.73 Å². The number of carbonyl (C=O) groups excluding carboxylic acids is 1. The highest BCUT2D eigenvalue weighted by atomic mass is 35.5. The van der Waals surface area contributed by atoms with Gasteiger partial charge >= 0.3 is 0 Å². The number of rotatable bonds is 4. The van der Waals surface area contributed by atoms with E-state index in [1.807, 2.05) is 36.4 Å². The molecule has 1 aliphatic heterocycles. The number of halogens is 2. The minimum atomic E-state index is -0.358. The normalized spacial score (nSPS) is 16.2. The third-order valence-corrected chi connectivity index (χ3v) is 6.90. The first kappa shape index (κ1) is 19.6. The number of thiazole rings is 1. The Bertz CT molecular complexity index is 1270. The van der Waals surface area contributed by atoms with E-state index in [1.165, 1.54) is 0 Å². The van der Waals surface area contributed by atoms with Crippen LogP contribution in [0.15, 0.2) is 36.4 Å². The number of hydrogen-bond donors (Lipinski definition) is 3. The van der Waals surface area contributed by atoms with E-state index < -0.39 is 0 Å². The summed E-state index contributed by atoms with van der Waals surface area (Å²) in [6.45, 7) is 1.99. The Morgan fingerprint density at radius 1 is 1.27 bits per heavy atom. The Morgan fingerprint density at radius 3 is 2.90 bits per heavy atom. The molecule has 9 heteroatoms. The highest BCUT2D eigenvalue weighted by Gasteiger charge is 2.34. The maximum atomic E-state index is 13.1. The number of nitrogens with two attached hydrogens (primary N) is 1. The third kappa shape index (κ3) is 3.41. The first-order chi connectivity index (χ1) is 14.5. The van der Waals surface area contributed by atoms with Crippen LogP contribution in [0.25, 0.3) is 21.1 Å². The topological polar surface area (TPSA) is 87.0 Å². The molecule has 0 bridgehead atoms. The number of amides is 1. The number of hydrogen-bond acceptors (Lipinski definition) is 5. The first-order valence-corrected chi connectivity index (χ1v) is 11.2. The van der Waals surface area contributed by atoms with Crippen LogP contribution in [-0.4, -0.2) is 35.5 Å². The first-order valence-electron chi connectivity index (χ1n) is 9.62. The molecule has 154 valence electrons. The zero-order valence-corrected chi connectivity index (χ0v) is 18.2. The summed E-state index contributed by atoms with van der Waals surface area (Å²) in [6, 6.07) is 11.4. The van der Waals surface area contributed by atoms with Crippen molar-refractivity contribution in [2.75, 3.05) is 24.5 Å². The van der Waals surface area contributed by atoms with Crippen molar-refractivity contribution in [3.8, 4) is 0 Å². The van der Waals surface area contributed by atoms with Crippen LogP contribution in [-0.2, 0) is 11.3 Å². The average molecular weight is 460 g/mol. The van der Waals surface area contributed by atoms with Gasteiger partial charge in [0, 0.05) is 46.3 Å². The number of anilines is 1. The fourth-order valence-corrected chi connectivity index (χ4v) is 5.45. The van der Waals surface area contributed by atoms with Gasteiger partial charge in [0.25, 0.3) is 0 Å². The van der Waals surface area contributed by atoms with Gasteiger partial charge in [-0.2, -0.15) is 0 Å². The molecule has 4 N–H and O–H groups in total. The maximum Gasteiger partial charge on any atom is 0.229 e. The van der Waals surface area contributed by atoms with Gasteiger partial charge in [0.05, 0.1) is 22.7 Å². The van der Waals surface area contributed by atoms with E-state index in [0.717, 1.165) is 37.5 Å². The molecule has 0 saturated carbocycles. The molecule has 0 saturated heterocycles. The van der Waals surface area contributed by atoms with Crippen molar-refractivity contribution < 1.29 is 4.79 Å². The lowest BCUT2D eigenvalue weighted by molar-refractivity contribution is -0.122. The molecular weight excluding hydrogens is 441 g/mol. The summed E-state index contributed by atoms with van der Waals surface area (Å²) in [6.07, 6.45) is 0. The van der Waals surface area contributed by atoms with Crippen LogP contribution in [0.1, 0.15) is 17.2 Å². The van der Waals surface area contributed by atoms with Crippen molar-refractivity contribution in [1.82, 2.24) is 15.3 Å². The zero-order valence-electron chi connectivity index (χ0n) is 15.9. The summed E-state index contributed by atoms with van der Waals surface area (Å²) < 4.78 is 1.02. The van der Waals surface area contributed by atoms with Gasteiger partial charge in [0.1, 0.15) is 0 Å². The lowest BCUT2D eigenvalue weighted by Gasteiger charge is -2.32. The van der Waals surface area contributed by atoms with E-state index in [2.05, 4.69) is 15.2 Å². The highest BCUT2D eigenvalue weighted by molar-refractivity contribution is 7.22. The summed E-state index contributed by atoms with van der Waals surface area (Å²) in [5.74, 6) is -0.403. The Hall–Kier alpha value is -2.32.